The summed E-state index contributed by atoms with van der Waals surface area (Å²) in [6.45, 7) is 2.05. The third-order valence-corrected chi connectivity index (χ3v) is 3.66. The van der Waals surface area contributed by atoms with Crippen molar-refractivity contribution in [1.29, 1.82) is 0 Å². The second kappa shape index (κ2) is 4.80. The Bertz CT molecular complexity index is 990. The van der Waals surface area contributed by atoms with Crippen molar-refractivity contribution in [2.45, 2.75) is 6.92 Å². The first-order valence-corrected chi connectivity index (χ1v) is 7.01. The van der Waals surface area contributed by atoms with Crippen LogP contribution in [0.15, 0.2) is 48.8 Å². The fraction of sp³-hybridized carbons (Fsp3) is 0.118. The first kappa shape index (κ1) is 12.8. The summed E-state index contributed by atoms with van der Waals surface area (Å²) in [7, 11) is 1.65. The number of aromatic nitrogens is 4. The summed E-state index contributed by atoms with van der Waals surface area (Å²) in [4.78, 5) is 9.12. The van der Waals surface area contributed by atoms with Gasteiger partial charge in [-0.3, -0.25) is 0 Å². The molecule has 0 amide bonds. The van der Waals surface area contributed by atoms with Gasteiger partial charge in [0, 0.05) is 10.9 Å². The Morgan fingerprint density at radius 3 is 2.86 bits per heavy atom. The number of methoxy groups -OCH3 is 1. The van der Waals surface area contributed by atoms with Crippen molar-refractivity contribution >= 4 is 16.6 Å². The summed E-state index contributed by atoms with van der Waals surface area (Å²) >= 11 is 0. The van der Waals surface area contributed by atoms with Gasteiger partial charge in [0.15, 0.2) is 11.5 Å². The lowest BCUT2D eigenvalue weighted by Gasteiger charge is -2.00. The van der Waals surface area contributed by atoms with E-state index in [1.165, 1.54) is 5.56 Å². The van der Waals surface area contributed by atoms with Crippen molar-refractivity contribution < 1.29 is 4.74 Å². The molecule has 0 fully saturated rings. The van der Waals surface area contributed by atoms with Crippen molar-refractivity contribution in [2.24, 2.45) is 0 Å². The zero-order chi connectivity index (χ0) is 15.1. The largest absolute Gasteiger partial charge is 0.497 e. The summed E-state index contributed by atoms with van der Waals surface area (Å²) in [5, 5.41) is 5.51. The molecule has 2 aromatic carbocycles. The molecule has 5 heteroatoms. The fourth-order valence-corrected chi connectivity index (χ4v) is 2.53. The van der Waals surface area contributed by atoms with Gasteiger partial charge in [0.05, 0.1) is 12.6 Å². The third-order valence-electron chi connectivity index (χ3n) is 3.66. The Morgan fingerprint density at radius 2 is 2.00 bits per heavy atom. The normalized spacial score (nSPS) is 11.2. The first-order chi connectivity index (χ1) is 10.7. The van der Waals surface area contributed by atoms with Gasteiger partial charge in [0.25, 0.3) is 0 Å². The monoisotopic (exact) mass is 290 g/mol. The zero-order valence-electron chi connectivity index (χ0n) is 12.3. The van der Waals surface area contributed by atoms with E-state index in [-0.39, 0.29) is 0 Å². The number of fused-ring (bicyclic) bond motifs is 3. The summed E-state index contributed by atoms with van der Waals surface area (Å²) in [6, 6.07) is 13.9. The smallest absolute Gasteiger partial charge is 0.182 e. The maximum atomic E-state index is 5.26. The highest BCUT2D eigenvalue weighted by Crippen LogP contribution is 2.24. The number of nitrogens with zero attached hydrogens (tertiary/aromatic N) is 4. The maximum absolute atomic E-state index is 5.26. The van der Waals surface area contributed by atoms with Crippen LogP contribution in [-0.2, 0) is 0 Å². The van der Waals surface area contributed by atoms with Crippen LogP contribution >= 0.6 is 0 Å². The van der Waals surface area contributed by atoms with Gasteiger partial charge in [-0.1, -0.05) is 18.2 Å². The molecule has 22 heavy (non-hydrogen) atoms. The second-order valence-corrected chi connectivity index (χ2v) is 5.20. The Kier molecular flexibility index (Phi) is 2.79. The quantitative estimate of drug-likeness (QED) is 0.568. The van der Waals surface area contributed by atoms with Crippen LogP contribution in [0.1, 0.15) is 5.56 Å². The Balaban J connectivity index is 1.95. The van der Waals surface area contributed by atoms with E-state index < -0.39 is 0 Å². The van der Waals surface area contributed by atoms with E-state index in [4.69, 9.17) is 4.74 Å². The molecule has 0 aliphatic rings. The lowest BCUT2D eigenvalue weighted by Crippen LogP contribution is -1.91. The molecule has 5 nitrogen and oxygen atoms in total. The molecule has 4 aromatic rings. The van der Waals surface area contributed by atoms with Crippen LogP contribution in [0.3, 0.4) is 0 Å². The number of ether oxygens (including phenoxy) is 1. The van der Waals surface area contributed by atoms with Gasteiger partial charge >= 0.3 is 0 Å². The number of rotatable bonds is 2. The average Bonchev–Trinajstić information content (AvgIpc) is 2.99. The molecule has 2 aromatic heterocycles. The van der Waals surface area contributed by atoms with Gasteiger partial charge in [0.1, 0.15) is 12.1 Å². The lowest BCUT2D eigenvalue weighted by molar-refractivity contribution is 0.415. The van der Waals surface area contributed by atoms with Crippen LogP contribution < -0.4 is 4.74 Å². The molecular formula is C17H14N4O. The summed E-state index contributed by atoms with van der Waals surface area (Å²) in [6.07, 6.45) is 1.70. The van der Waals surface area contributed by atoms with Crippen LogP contribution in [0.25, 0.3) is 27.9 Å². The third kappa shape index (κ3) is 1.98. The minimum absolute atomic E-state index is 0.661. The van der Waals surface area contributed by atoms with Crippen LogP contribution in [0, 0.1) is 6.92 Å². The van der Waals surface area contributed by atoms with Gasteiger partial charge < -0.3 is 4.74 Å². The lowest BCUT2D eigenvalue weighted by atomic mass is 10.2. The summed E-state index contributed by atoms with van der Waals surface area (Å²) in [5.74, 6) is 1.45. The number of hydrogen-bond donors (Lipinski definition) is 0. The molecule has 0 saturated carbocycles. The van der Waals surface area contributed by atoms with Crippen molar-refractivity contribution in [1.82, 2.24) is 19.6 Å². The molecule has 0 N–H and O–H groups in total. The number of aryl methyl sites for hydroxylation is 1. The first-order valence-electron chi connectivity index (χ1n) is 7.01. The molecule has 0 saturated heterocycles. The minimum atomic E-state index is 0.661. The molecule has 108 valence electrons. The highest BCUT2D eigenvalue weighted by molar-refractivity contribution is 5.91. The van der Waals surface area contributed by atoms with Crippen molar-refractivity contribution in [2.75, 3.05) is 7.11 Å². The van der Waals surface area contributed by atoms with Gasteiger partial charge in [-0.25, -0.2) is 14.5 Å². The Labute approximate surface area is 127 Å². The summed E-state index contributed by atoms with van der Waals surface area (Å²) in [5.41, 5.74) is 3.83. The average molecular weight is 290 g/mol. The van der Waals surface area contributed by atoms with E-state index in [2.05, 4.69) is 34.1 Å². The van der Waals surface area contributed by atoms with Crippen molar-refractivity contribution in [3.63, 3.8) is 0 Å². The molecule has 0 atom stereocenters. The van der Waals surface area contributed by atoms with Gasteiger partial charge in [0.2, 0.25) is 0 Å². The Hall–Kier alpha value is -2.95. The van der Waals surface area contributed by atoms with Crippen LogP contribution in [0.2, 0.25) is 0 Å². The predicted molar refractivity (Wildman–Crippen MR) is 85.0 cm³/mol. The Morgan fingerprint density at radius 1 is 1.09 bits per heavy atom. The molecule has 0 radical (unpaired) electrons. The van der Waals surface area contributed by atoms with Crippen molar-refractivity contribution in [3.8, 4) is 17.1 Å². The van der Waals surface area contributed by atoms with Gasteiger partial charge in [-0.2, -0.15) is 0 Å². The second-order valence-electron chi connectivity index (χ2n) is 5.20. The number of hydrogen-bond acceptors (Lipinski definition) is 4. The van der Waals surface area contributed by atoms with E-state index in [9.17, 15) is 0 Å². The predicted octanol–water partition coefficient (Wildman–Crippen LogP) is 3.26. The van der Waals surface area contributed by atoms with E-state index in [0.29, 0.717) is 5.82 Å². The molecule has 4 rings (SSSR count). The molecule has 0 aliphatic heterocycles. The van der Waals surface area contributed by atoms with E-state index in [0.717, 1.165) is 27.9 Å². The SMILES string of the molecule is COc1cccc(-c2nc3c4ccc(C)cc4ncn3n2)c1. The van der Waals surface area contributed by atoms with Gasteiger partial charge in [-0.05, 0) is 36.8 Å². The van der Waals surface area contributed by atoms with E-state index >= 15 is 0 Å². The molecule has 0 bridgehead atoms. The zero-order valence-corrected chi connectivity index (χ0v) is 12.3. The summed E-state index contributed by atoms with van der Waals surface area (Å²) < 4.78 is 6.97. The highest BCUT2D eigenvalue weighted by atomic mass is 16.5. The van der Waals surface area contributed by atoms with Crippen LogP contribution in [-0.4, -0.2) is 26.7 Å². The molecular weight excluding hydrogens is 276 g/mol. The molecule has 0 unspecified atom stereocenters. The number of benzene rings is 2. The maximum Gasteiger partial charge on any atom is 0.182 e. The van der Waals surface area contributed by atoms with Crippen LogP contribution in [0.5, 0.6) is 5.75 Å². The molecule has 2 heterocycles. The minimum Gasteiger partial charge on any atom is -0.497 e. The highest BCUT2D eigenvalue weighted by Gasteiger charge is 2.10. The van der Waals surface area contributed by atoms with E-state index in [1.807, 2.05) is 30.3 Å². The van der Waals surface area contributed by atoms with E-state index in [1.54, 1.807) is 18.0 Å². The van der Waals surface area contributed by atoms with Crippen LogP contribution in [0.4, 0.5) is 0 Å². The topological polar surface area (TPSA) is 52.3 Å². The fourth-order valence-electron chi connectivity index (χ4n) is 2.53. The molecule has 0 aliphatic carbocycles. The van der Waals surface area contributed by atoms with Gasteiger partial charge in [-0.15, -0.1) is 5.10 Å². The standard InChI is InChI=1S/C17H14N4O/c1-11-6-7-14-15(8-11)18-10-21-17(14)19-16(20-21)12-4-3-5-13(9-12)22-2/h3-10H,1-2H3. The van der Waals surface area contributed by atoms with Crippen molar-refractivity contribution in [3.05, 3.63) is 54.4 Å². The molecule has 0 spiro atoms.